The van der Waals surface area contributed by atoms with Gasteiger partial charge in [0.2, 0.25) is 0 Å². The average molecular weight is 196 g/mol. The molecule has 0 saturated heterocycles. The zero-order chi connectivity index (χ0) is 11.2. The van der Waals surface area contributed by atoms with Crippen LogP contribution in [0, 0.1) is 11.3 Å². The molecule has 0 nitrogen and oxygen atoms in total. The van der Waals surface area contributed by atoms with Gasteiger partial charge >= 0.3 is 0 Å². The van der Waals surface area contributed by atoms with Crippen molar-refractivity contribution in [1.82, 2.24) is 0 Å². The molecule has 0 aromatic carbocycles. The van der Waals surface area contributed by atoms with Crippen molar-refractivity contribution in [2.75, 3.05) is 0 Å². The predicted octanol–water partition coefficient (Wildman–Crippen LogP) is 5.20. The third-order valence-corrected chi connectivity index (χ3v) is 3.82. The molecule has 0 bridgehead atoms. The Balaban J connectivity index is 3.83. The van der Waals surface area contributed by atoms with E-state index in [1.165, 1.54) is 37.7 Å². The van der Waals surface area contributed by atoms with Crippen LogP contribution < -0.4 is 0 Å². The van der Waals surface area contributed by atoms with Crippen molar-refractivity contribution in [3.63, 3.8) is 0 Å². The van der Waals surface area contributed by atoms with Gasteiger partial charge in [0.15, 0.2) is 0 Å². The maximum Gasteiger partial charge on any atom is -0.0125 e. The normalized spacial score (nSPS) is 14.1. The summed E-state index contributed by atoms with van der Waals surface area (Å²) in [6.07, 6.45) is 6.84. The first-order valence-electron chi connectivity index (χ1n) is 6.08. The Labute approximate surface area is 90.8 Å². The molecule has 0 radical (unpaired) electrons. The van der Waals surface area contributed by atoms with Crippen molar-refractivity contribution in [2.24, 2.45) is 11.3 Å². The van der Waals surface area contributed by atoms with Gasteiger partial charge in [-0.1, -0.05) is 65.5 Å². The molecule has 0 saturated carbocycles. The Morgan fingerprint density at radius 2 is 1.79 bits per heavy atom. The summed E-state index contributed by atoms with van der Waals surface area (Å²) in [6, 6.07) is 0. The number of allylic oxidation sites excluding steroid dienone is 1. The molecule has 0 heteroatoms. The molecule has 0 N–H and O–H groups in total. The monoisotopic (exact) mass is 196 g/mol. The first-order valence-corrected chi connectivity index (χ1v) is 6.08. The Morgan fingerprint density at radius 3 is 2.21 bits per heavy atom. The van der Waals surface area contributed by atoms with Gasteiger partial charge < -0.3 is 0 Å². The van der Waals surface area contributed by atoms with Crippen LogP contribution in [-0.4, -0.2) is 0 Å². The van der Waals surface area contributed by atoms with Crippen LogP contribution in [0.4, 0.5) is 0 Å². The Kier molecular flexibility index (Phi) is 6.15. The lowest BCUT2D eigenvalue weighted by molar-refractivity contribution is 0.264. The molecule has 0 aromatic rings. The van der Waals surface area contributed by atoms with E-state index in [1.807, 2.05) is 0 Å². The van der Waals surface area contributed by atoms with Gasteiger partial charge in [0.1, 0.15) is 0 Å². The van der Waals surface area contributed by atoms with E-state index in [9.17, 15) is 0 Å². The lowest BCUT2D eigenvalue weighted by Crippen LogP contribution is -2.22. The van der Waals surface area contributed by atoms with E-state index in [0.29, 0.717) is 5.41 Å². The molecule has 0 aliphatic carbocycles. The summed E-state index contributed by atoms with van der Waals surface area (Å²) in [7, 11) is 0. The van der Waals surface area contributed by atoms with Gasteiger partial charge in [-0.05, 0) is 24.7 Å². The van der Waals surface area contributed by atoms with Crippen LogP contribution in [0.5, 0.6) is 0 Å². The van der Waals surface area contributed by atoms with Crippen molar-refractivity contribution in [3.8, 4) is 0 Å². The van der Waals surface area contributed by atoms with Gasteiger partial charge in [0.25, 0.3) is 0 Å². The standard InChI is InChI=1S/C14H28/c1-7-8-9-10-11-13(4)14(5,6)12(2)3/h13H,2,7-11H2,1,3-6H3. The minimum absolute atomic E-state index is 0.312. The molecule has 14 heavy (non-hydrogen) atoms. The lowest BCUT2D eigenvalue weighted by atomic mass is 9.73. The van der Waals surface area contributed by atoms with Crippen molar-refractivity contribution in [2.45, 2.75) is 66.7 Å². The zero-order valence-electron chi connectivity index (χ0n) is 10.8. The molecular weight excluding hydrogens is 168 g/mol. The highest BCUT2D eigenvalue weighted by Crippen LogP contribution is 2.36. The SMILES string of the molecule is C=C(C)C(C)(C)C(C)CCCCCC. The molecule has 0 aromatic heterocycles. The second kappa shape index (κ2) is 6.27. The van der Waals surface area contributed by atoms with Crippen molar-refractivity contribution in [3.05, 3.63) is 12.2 Å². The van der Waals surface area contributed by atoms with E-state index < -0.39 is 0 Å². The van der Waals surface area contributed by atoms with E-state index in [-0.39, 0.29) is 0 Å². The minimum atomic E-state index is 0.312. The van der Waals surface area contributed by atoms with Gasteiger partial charge in [0.05, 0.1) is 0 Å². The van der Waals surface area contributed by atoms with Gasteiger partial charge in [-0.25, -0.2) is 0 Å². The Bertz CT molecular complexity index is 165. The largest absolute Gasteiger partial charge is 0.0996 e. The second-order valence-electron chi connectivity index (χ2n) is 5.25. The molecule has 0 fully saturated rings. The highest BCUT2D eigenvalue weighted by molar-refractivity contribution is 5.05. The first-order chi connectivity index (χ1) is 6.42. The lowest BCUT2D eigenvalue weighted by Gasteiger charge is -2.32. The third kappa shape index (κ3) is 4.30. The van der Waals surface area contributed by atoms with Crippen LogP contribution in [0.2, 0.25) is 0 Å². The second-order valence-corrected chi connectivity index (χ2v) is 5.25. The van der Waals surface area contributed by atoms with E-state index in [1.54, 1.807) is 0 Å². The van der Waals surface area contributed by atoms with Crippen molar-refractivity contribution in [1.29, 1.82) is 0 Å². The number of rotatable bonds is 7. The fourth-order valence-corrected chi connectivity index (χ4v) is 1.66. The van der Waals surface area contributed by atoms with Gasteiger partial charge in [-0.3, -0.25) is 0 Å². The van der Waals surface area contributed by atoms with Crippen molar-refractivity contribution < 1.29 is 0 Å². The number of hydrogen-bond acceptors (Lipinski definition) is 0. The smallest absolute Gasteiger partial charge is 0.0125 e. The van der Waals surface area contributed by atoms with Crippen LogP contribution in [0.1, 0.15) is 66.7 Å². The van der Waals surface area contributed by atoms with Crippen LogP contribution in [-0.2, 0) is 0 Å². The number of hydrogen-bond donors (Lipinski definition) is 0. The summed E-state index contributed by atoms with van der Waals surface area (Å²) in [4.78, 5) is 0. The summed E-state index contributed by atoms with van der Waals surface area (Å²) in [6.45, 7) is 15.5. The fraction of sp³-hybridized carbons (Fsp3) is 0.857. The van der Waals surface area contributed by atoms with Crippen LogP contribution in [0.25, 0.3) is 0 Å². The summed E-state index contributed by atoms with van der Waals surface area (Å²) < 4.78 is 0. The maximum atomic E-state index is 4.09. The molecule has 0 aliphatic heterocycles. The topological polar surface area (TPSA) is 0 Å². The third-order valence-electron chi connectivity index (χ3n) is 3.82. The summed E-state index contributed by atoms with van der Waals surface area (Å²) in [5.41, 5.74) is 1.63. The van der Waals surface area contributed by atoms with Crippen LogP contribution in [0.3, 0.4) is 0 Å². The molecule has 0 spiro atoms. The van der Waals surface area contributed by atoms with Crippen molar-refractivity contribution >= 4 is 0 Å². The fourth-order valence-electron chi connectivity index (χ4n) is 1.66. The summed E-state index contributed by atoms with van der Waals surface area (Å²) in [5, 5.41) is 0. The minimum Gasteiger partial charge on any atom is -0.0996 e. The zero-order valence-corrected chi connectivity index (χ0v) is 10.8. The molecular formula is C14H28. The molecule has 0 aliphatic rings. The molecule has 0 heterocycles. The summed E-state index contributed by atoms with van der Waals surface area (Å²) >= 11 is 0. The molecule has 1 unspecified atom stereocenters. The highest BCUT2D eigenvalue weighted by atomic mass is 14.3. The quantitative estimate of drug-likeness (QED) is 0.388. The first kappa shape index (κ1) is 13.7. The van der Waals surface area contributed by atoms with Gasteiger partial charge in [-0.15, -0.1) is 0 Å². The van der Waals surface area contributed by atoms with Gasteiger partial charge in [0, 0.05) is 0 Å². The molecule has 84 valence electrons. The van der Waals surface area contributed by atoms with Crippen LogP contribution >= 0.6 is 0 Å². The highest BCUT2D eigenvalue weighted by Gasteiger charge is 2.25. The Hall–Kier alpha value is -0.260. The predicted molar refractivity (Wildman–Crippen MR) is 66.5 cm³/mol. The van der Waals surface area contributed by atoms with E-state index in [4.69, 9.17) is 0 Å². The van der Waals surface area contributed by atoms with Gasteiger partial charge in [-0.2, -0.15) is 0 Å². The van der Waals surface area contributed by atoms with E-state index in [0.717, 1.165) is 5.92 Å². The average Bonchev–Trinajstić information content (AvgIpc) is 2.11. The number of unbranched alkanes of at least 4 members (excludes halogenated alkanes) is 3. The van der Waals surface area contributed by atoms with E-state index >= 15 is 0 Å². The maximum absolute atomic E-state index is 4.09. The molecule has 0 amide bonds. The molecule has 1 atom stereocenters. The Morgan fingerprint density at radius 1 is 1.21 bits per heavy atom. The molecule has 0 rings (SSSR count). The van der Waals surface area contributed by atoms with Crippen LogP contribution in [0.15, 0.2) is 12.2 Å². The summed E-state index contributed by atoms with van der Waals surface area (Å²) in [5.74, 6) is 0.761. The van der Waals surface area contributed by atoms with E-state index in [2.05, 4.69) is 41.2 Å².